The van der Waals surface area contributed by atoms with Crippen molar-refractivity contribution in [3.63, 3.8) is 0 Å². The van der Waals surface area contributed by atoms with Crippen molar-refractivity contribution in [1.82, 2.24) is 9.78 Å². The number of benzene rings is 2. The van der Waals surface area contributed by atoms with E-state index in [0.29, 0.717) is 5.02 Å². The van der Waals surface area contributed by atoms with E-state index in [1.54, 1.807) is 6.92 Å². The van der Waals surface area contributed by atoms with Gasteiger partial charge < -0.3 is 10.1 Å². The molecule has 0 aliphatic rings. The Bertz CT molecular complexity index is 1180. The summed E-state index contributed by atoms with van der Waals surface area (Å²) < 4.78 is 19.1. The number of amides is 1. The molecule has 1 aromatic heterocycles. The first-order chi connectivity index (χ1) is 14.3. The smallest absolute Gasteiger partial charge is 0.360 e. The molecule has 0 aliphatic carbocycles. The second-order valence-electron chi connectivity index (χ2n) is 5.93. The van der Waals surface area contributed by atoms with Gasteiger partial charge in [0.15, 0.2) is 5.69 Å². The van der Waals surface area contributed by atoms with Gasteiger partial charge in [-0.15, -0.1) is 0 Å². The third-order valence-corrected chi connectivity index (χ3v) is 4.44. The molecular weight excluding hydrogens is 436 g/mol. The van der Waals surface area contributed by atoms with Crippen molar-refractivity contribution < 1.29 is 18.7 Å². The van der Waals surface area contributed by atoms with Gasteiger partial charge in [0.2, 0.25) is 0 Å². The van der Waals surface area contributed by atoms with E-state index in [-0.39, 0.29) is 34.3 Å². The van der Waals surface area contributed by atoms with Crippen LogP contribution in [0.25, 0.3) is 5.69 Å². The molecule has 30 heavy (non-hydrogen) atoms. The maximum absolute atomic E-state index is 13.2. The number of ether oxygens (including phenoxy) is 1. The molecule has 0 radical (unpaired) electrons. The number of esters is 1. The van der Waals surface area contributed by atoms with Crippen LogP contribution >= 0.6 is 23.2 Å². The predicted octanol–water partition coefficient (Wildman–Crippen LogP) is 4.11. The quantitative estimate of drug-likeness (QED) is 0.591. The van der Waals surface area contributed by atoms with Crippen molar-refractivity contribution >= 4 is 40.8 Å². The second kappa shape index (κ2) is 9.06. The van der Waals surface area contributed by atoms with Crippen LogP contribution in [0.4, 0.5) is 10.1 Å². The minimum atomic E-state index is -0.856. The number of nitrogens with one attached hydrogen (secondary N) is 1. The minimum Gasteiger partial charge on any atom is -0.461 e. The van der Waals surface area contributed by atoms with Crippen LogP contribution in [0.15, 0.2) is 53.3 Å². The van der Waals surface area contributed by atoms with Crippen LogP contribution in [0.2, 0.25) is 10.0 Å². The highest BCUT2D eigenvalue weighted by molar-refractivity contribution is 6.37. The normalized spacial score (nSPS) is 10.5. The molecular formula is C20H14Cl2FN3O4. The number of hydrogen-bond donors (Lipinski definition) is 1. The molecule has 7 nitrogen and oxygen atoms in total. The molecule has 1 heterocycles. The minimum absolute atomic E-state index is 0.0482. The average Bonchev–Trinajstić information content (AvgIpc) is 2.69. The lowest BCUT2D eigenvalue weighted by Gasteiger charge is -2.13. The molecule has 10 heteroatoms. The van der Waals surface area contributed by atoms with E-state index in [1.807, 2.05) is 0 Å². The van der Waals surface area contributed by atoms with Gasteiger partial charge in [-0.1, -0.05) is 23.2 Å². The van der Waals surface area contributed by atoms with Gasteiger partial charge in [-0.3, -0.25) is 9.59 Å². The molecule has 0 fully saturated rings. The Balaban J connectivity index is 2.05. The van der Waals surface area contributed by atoms with Crippen LogP contribution in [0, 0.1) is 5.82 Å². The fraction of sp³-hybridized carbons (Fsp3) is 0.100. The molecule has 0 unspecified atom stereocenters. The fourth-order valence-electron chi connectivity index (χ4n) is 2.53. The largest absolute Gasteiger partial charge is 0.461 e. The van der Waals surface area contributed by atoms with Gasteiger partial charge in [0, 0.05) is 11.1 Å². The molecule has 0 atom stereocenters. The van der Waals surface area contributed by atoms with Crippen LogP contribution in [-0.4, -0.2) is 28.3 Å². The third kappa shape index (κ3) is 4.67. The van der Waals surface area contributed by atoms with Crippen LogP contribution in [0.1, 0.15) is 27.8 Å². The highest BCUT2D eigenvalue weighted by Crippen LogP contribution is 2.23. The van der Waals surface area contributed by atoms with Gasteiger partial charge in [-0.25, -0.2) is 9.18 Å². The van der Waals surface area contributed by atoms with E-state index < -0.39 is 23.3 Å². The molecule has 0 saturated carbocycles. The van der Waals surface area contributed by atoms with Gasteiger partial charge in [0.05, 0.1) is 28.6 Å². The number of carbonyl (C=O) groups excluding carboxylic acids is 2. The highest BCUT2D eigenvalue weighted by Gasteiger charge is 2.21. The Kier molecular flexibility index (Phi) is 6.49. The molecule has 0 spiro atoms. The summed E-state index contributed by atoms with van der Waals surface area (Å²) in [7, 11) is 0. The molecule has 3 rings (SSSR count). The Morgan fingerprint density at radius 3 is 2.47 bits per heavy atom. The number of hydrogen-bond acceptors (Lipinski definition) is 5. The number of halogens is 3. The van der Waals surface area contributed by atoms with Crippen molar-refractivity contribution in [2.45, 2.75) is 6.92 Å². The van der Waals surface area contributed by atoms with E-state index in [2.05, 4.69) is 10.4 Å². The Labute approximate surface area is 180 Å². The average molecular weight is 450 g/mol. The molecule has 0 aliphatic heterocycles. The predicted molar refractivity (Wildman–Crippen MR) is 110 cm³/mol. The maximum Gasteiger partial charge on any atom is 0.360 e. The molecule has 0 saturated heterocycles. The number of carbonyl (C=O) groups is 2. The molecule has 3 aromatic rings. The Hall–Kier alpha value is -3.23. The van der Waals surface area contributed by atoms with Gasteiger partial charge in [-0.05, 0) is 49.4 Å². The summed E-state index contributed by atoms with van der Waals surface area (Å²) in [6, 6.07) is 10.2. The fourth-order valence-corrected chi connectivity index (χ4v) is 3.03. The molecule has 154 valence electrons. The lowest BCUT2D eigenvalue weighted by Crippen LogP contribution is -2.27. The van der Waals surface area contributed by atoms with Crippen LogP contribution in [0.5, 0.6) is 0 Å². The first kappa shape index (κ1) is 21.5. The summed E-state index contributed by atoms with van der Waals surface area (Å²) in [4.78, 5) is 37.6. The third-order valence-electron chi connectivity index (χ3n) is 3.90. The summed E-state index contributed by atoms with van der Waals surface area (Å²) >= 11 is 11.9. The van der Waals surface area contributed by atoms with E-state index in [4.69, 9.17) is 27.9 Å². The molecule has 0 bridgehead atoms. The zero-order chi connectivity index (χ0) is 21.8. The van der Waals surface area contributed by atoms with Crippen molar-refractivity contribution in [2.75, 3.05) is 11.9 Å². The molecule has 1 N–H and O–H groups in total. The monoisotopic (exact) mass is 449 g/mol. The number of rotatable bonds is 5. The lowest BCUT2D eigenvalue weighted by atomic mass is 10.2. The summed E-state index contributed by atoms with van der Waals surface area (Å²) in [6.45, 7) is 1.65. The van der Waals surface area contributed by atoms with Gasteiger partial charge >= 0.3 is 5.97 Å². The Morgan fingerprint density at radius 2 is 1.83 bits per heavy atom. The summed E-state index contributed by atoms with van der Waals surface area (Å²) in [5.41, 5.74) is -0.816. The topological polar surface area (TPSA) is 90.3 Å². The van der Waals surface area contributed by atoms with Crippen molar-refractivity contribution in [3.8, 4) is 5.69 Å². The van der Waals surface area contributed by atoms with Gasteiger partial charge in [0.25, 0.3) is 11.5 Å². The van der Waals surface area contributed by atoms with Crippen molar-refractivity contribution in [2.24, 2.45) is 0 Å². The standard InChI is InChI=1S/C20H14Cl2FN3O4/c1-2-30-20(29)18-16(24-19(28)14-8-3-11(21)9-15(14)22)10-17(27)26(25-18)13-6-4-12(23)5-7-13/h3-10H,2H2,1H3,(H,24,28). The Morgan fingerprint density at radius 1 is 1.13 bits per heavy atom. The van der Waals surface area contributed by atoms with E-state index >= 15 is 0 Å². The zero-order valence-corrected chi connectivity index (χ0v) is 17.0. The summed E-state index contributed by atoms with van der Waals surface area (Å²) in [5, 5.41) is 6.89. The maximum atomic E-state index is 13.2. The summed E-state index contributed by atoms with van der Waals surface area (Å²) in [6.07, 6.45) is 0. The van der Waals surface area contributed by atoms with Crippen molar-refractivity contribution in [1.29, 1.82) is 0 Å². The van der Waals surface area contributed by atoms with Crippen molar-refractivity contribution in [3.05, 3.63) is 86.0 Å². The van der Waals surface area contributed by atoms with Crippen LogP contribution in [-0.2, 0) is 4.74 Å². The first-order valence-electron chi connectivity index (χ1n) is 8.64. The number of anilines is 1. The van der Waals surface area contributed by atoms with Gasteiger partial charge in [-0.2, -0.15) is 9.78 Å². The van der Waals surface area contributed by atoms with Gasteiger partial charge in [0.1, 0.15) is 5.82 Å². The van der Waals surface area contributed by atoms with Crippen LogP contribution in [0.3, 0.4) is 0 Å². The second-order valence-corrected chi connectivity index (χ2v) is 6.78. The number of aromatic nitrogens is 2. The SMILES string of the molecule is CCOC(=O)c1nn(-c2ccc(F)cc2)c(=O)cc1NC(=O)c1ccc(Cl)cc1Cl. The van der Waals surface area contributed by atoms with E-state index in [1.165, 1.54) is 30.3 Å². The van der Waals surface area contributed by atoms with E-state index in [0.717, 1.165) is 22.9 Å². The number of nitrogens with zero attached hydrogens (tertiary/aromatic N) is 2. The molecule has 2 aromatic carbocycles. The molecule has 1 amide bonds. The van der Waals surface area contributed by atoms with Crippen LogP contribution < -0.4 is 10.9 Å². The zero-order valence-electron chi connectivity index (χ0n) is 15.5. The first-order valence-corrected chi connectivity index (χ1v) is 9.39. The highest BCUT2D eigenvalue weighted by atomic mass is 35.5. The lowest BCUT2D eigenvalue weighted by molar-refractivity contribution is 0.0518. The summed E-state index contributed by atoms with van der Waals surface area (Å²) in [5.74, 6) is -2.03. The van der Waals surface area contributed by atoms with E-state index in [9.17, 15) is 18.8 Å².